The average Bonchev–Trinajstić information content (AvgIpc) is 2.89. The van der Waals surface area contributed by atoms with Gasteiger partial charge in [-0.25, -0.2) is 0 Å². The number of hydrogen-bond donors (Lipinski definition) is 0. The Balaban J connectivity index is 2.07. The maximum absolute atomic E-state index is 4.58. The van der Waals surface area contributed by atoms with E-state index in [0.29, 0.717) is 11.3 Å². The minimum Gasteiger partial charge on any atom is -0.100 e. The van der Waals surface area contributed by atoms with E-state index in [9.17, 15) is 0 Å². The predicted octanol–water partition coefficient (Wildman–Crippen LogP) is 7.89. The highest BCUT2D eigenvalue weighted by atomic mass is 14.6. The average molecular weight is 353 g/mol. The monoisotopic (exact) mass is 352 g/mol. The van der Waals surface area contributed by atoms with Crippen molar-refractivity contribution < 1.29 is 0 Å². The Labute approximate surface area is 162 Å². The van der Waals surface area contributed by atoms with Gasteiger partial charge in [-0.15, -0.1) is 6.58 Å². The van der Waals surface area contributed by atoms with Crippen molar-refractivity contribution in [2.24, 2.45) is 34.5 Å². The van der Waals surface area contributed by atoms with Crippen LogP contribution in [-0.4, -0.2) is 0 Å². The van der Waals surface area contributed by atoms with Crippen molar-refractivity contribution in [3.63, 3.8) is 0 Å². The van der Waals surface area contributed by atoms with Crippen LogP contribution in [0.3, 0.4) is 0 Å². The van der Waals surface area contributed by atoms with E-state index < -0.39 is 0 Å². The summed E-state index contributed by atoms with van der Waals surface area (Å²) >= 11 is 0. The topological polar surface area (TPSA) is 0 Å². The van der Waals surface area contributed by atoms with E-state index in [-0.39, 0.29) is 5.41 Å². The molecule has 0 aromatic carbocycles. The van der Waals surface area contributed by atoms with Crippen LogP contribution in [-0.2, 0) is 0 Å². The second-order valence-electron chi connectivity index (χ2n) is 10.0. The van der Waals surface area contributed by atoms with Crippen LogP contribution in [0.5, 0.6) is 0 Å². The maximum atomic E-state index is 4.58. The van der Waals surface area contributed by atoms with E-state index in [1.54, 1.807) is 5.57 Å². The molecule has 0 heterocycles. The summed E-state index contributed by atoms with van der Waals surface area (Å²) in [4.78, 5) is 0. The Kier molecular flexibility index (Phi) is 5.19. The lowest BCUT2D eigenvalue weighted by Crippen LogP contribution is -2.53. The van der Waals surface area contributed by atoms with Gasteiger partial charge in [0.25, 0.3) is 0 Å². The van der Waals surface area contributed by atoms with Gasteiger partial charge in [-0.3, -0.25) is 0 Å². The molecule has 144 valence electrons. The molecule has 0 aliphatic heterocycles. The number of fused-ring (bicyclic) bond motifs is 3. The van der Waals surface area contributed by atoms with Crippen molar-refractivity contribution in [3.05, 3.63) is 48.1 Å². The molecule has 0 aromatic heterocycles. The second kappa shape index (κ2) is 6.84. The highest BCUT2D eigenvalue weighted by Gasteiger charge is 2.59. The van der Waals surface area contributed by atoms with Gasteiger partial charge in [0.2, 0.25) is 0 Å². The van der Waals surface area contributed by atoms with E-state index >= 15 is 0 Å². The van der Waals surface area contributed by atoms with Gasteiger partial charge in [-0.1, -0.05) is 55.4 Å². The molecule has 0 amide bonds. The molecule has 0 heteroatoms. The predicted molar refractivity (Wildman–Crippen MR) is 115 cm³/mol. The molecule has 3 saturated carbocycles. The first-order valence-corrected chi connectivity index (χ1v) is 10.8. The van der Waals surface area contributed by atoms with Crippen LogP contribution in [0.25, 0.3) is 0 Å². The summed E-state index contributed by atoms with van der Waals surface area (Å²) in [5.41, 5.74) is 6.57. The Morgan fingerprint density at radius 3 is 2.46 bits per heavy atom. The van der Waals surface area contributed by atoms with Crippen molar-refractivity contribution in [2.75, 3.05) is 0 Å². The molecule has 0 bridgehead atoms. The maximum Gasteiger partial charge on any atom is 0.000329 e. The molecule has 3 fully saturated rings. The fourth-order valence-corrected chi connectivity index (χ4v) is 7.31. The van der Waals surface area contributed by atoms with Gasteiger partial charge in [-0.05, 0) is 94.8 Å². The molecule has 3 aliphatic carbocycles. The summed E-state index contributed by atoms with van der Waals surface area (Å²) in [6.45, 7) is 25.0. The number of hydrogen-bond acceptors (Lipinski definition) is 0. The van der Waals surface area contributed by atoms with Gasteiger partial charge in [0.05, 0.1) is 0 Å². The summed E-state index contributed by atoms with van der Waals surface area (Å²) in [5.74, 6) is 3.01. The zero-order valence-corrected chi connectivity index (χ0v) is 18.0. The van der Waals surface area contributed by atoms with Crippen molar-refractivity contribution >= 4 is 0 Å². The normalized spacial score (nSPS) is 43.9. The smallest absolute Gasteiger partial charge is 0.000329 e. The Morgan fingerprint density at radius 1 is 1.19 bits per heavy atom. The van der Waals surface area contributed by atoms with Gasteiger partial charge >= 0.3 is 0 Å². The molecule has 0 radical (unpaired) electrons. The van der Waals surface area contributed by atoms with Gasteiger partial charge in [0.15, 0.2) is 0 Å². The first-order valence-electron chi connectivity index (χ1n) is 10.8. The molecule has 0 aromatic rings. The van der Waals surface area contributed by atoms with E-state index in [4.69, 9.17) is 0 Å². The van der Waals surface area contributed by atoms with Crippen LogP contribution >= 0.6 is 0 Å². The molecular weight excluding hydrogens is 312 g/mol. The third kappa shape index (κ3) is 2.71. The molecule has 3 rings (SSSR count). The number of allylic oxidation sites excluding steroid dienone is 5. The summed E-state index contributed by atoms with van der Waals surface area (Å²) in [5, 5.41) is 0. The van der Waals surface area contributed by atoms with Crippen molar-refractivity contribution in [1.82, 2.24) is 0 Å². The van der Waals surface area contributed by atoms with Gasteiger partial charge in [0, 0.05) is 5.41 Å². The van der Waals surface area contributed by atoms with Crippen LogP contribution < -0.4 is 0 Å². The molecule has 3 aliphatic rings. The summed E-state index contributed by atoms with van der Waals surface area (Å²) in [7, 11) is 0. The molecule has 6 unspecified atom stereocenters. The highest BCUT2D eigenvalue weighted by molar-refractivity contribution is 5.30. The lowest BCUT2D eigenvalue weighted by Gasteiger charge is -2.60. The summed E-state index contributed by atoms with van der Waals surface area (Å²) < 4.78 is 0. The second-order valence-corrected chi connectivity index (χ2v) is 10.0. The Bertz CT molecular complexity index is 647. The first-order chi connectivity index (χ1) is 12.2. The van der Waals surface area contributed by atoms with E-state index in [1.165, 1.54) is 55.2 Å². The minimum atomic E-state index is 0.245. The summed E-state index contributed by atoms with van der Waals surface area (Å²) in [6.07, 6.45) is 11.4. The van der Waals surface area contributed by atoms with Gasteiger partial charge in [-0.2, -0.15) is 0 Å². The quantitative estimate of drug-likeness (QED) is 0.451. The van der Waals surface area contributed by atoms with Gasteiger partial charge < -0.3 is 0 Å². The molecule has 0 N–H and O–H groups in total. The minimum absolute atomic E-state index is 0.245. The van der Waals surface area contributed by atoms with Crippen molar-refractivity contribution in [3.8, 4) is 0 Å². The molecule has 0 spiro atoms. The van der Waals surface area contributed by atoms with Crippen molar-refractivity contribution in [1.29, 1.82) is 0 Å². The van der Waals surface area contributed by atoms with E-state index in [1.807, 2.05) is 0 Å². The lowest BCUT2D eigenvalue weighted by atomic mass is 9.44. The third-order valence-corrected chi connectivity index (χ3v) is 8.98. The highest BCUT2D eigenvalue weighted by Crippen LogP contribution is 2.68. The van der Waals surface area contributed by atoms with Crippen LogP contribution in [0.2, 0.25) is 0 Å². The van der Waals surface area contributed by atoms with Crippen LogP contribution in [0, 0.1) is 34.5 Å². The van der Waals surface area contributed by atoms with Crippen molar-refractivity contribution in [2.45, 2.75) is 79.6 Å². The SMILES string of the molecule is C=C(C)CCC1(C(=C)C)C(C)C(=CC)CC2C3CCC(=C)C3(C)CCC21. The molecule has 0 saturated heterocycles. The standard InChI is InChI=1S/C26H40/c1-9-21-16-22-23-11-10-19(6)25(23,8)14-13-24(22)26(18(4)5,20(21)7)15-12-17(2)3/h9,20,22-24H,2,4,6,10-16H2,1,3,5,7-8H3. The Hall–Kier alpha value is -1.04. The Morgan fingerprint density at radius 2 is 1.88 bits per heavy atom. The van der Waals surface area contributed by atoms with Crippen LogP contribution in [0.15, 0.2) is 48.1 Å². The van der Waals surface area contributed by atoms with E-state index in [0.717, 1.165) is 24.2 Å². The number of rotatable bonds is 4. The molecule has 0 nitrogen and oxygen atoms in total. The zero-order valence-electron chi connectivity index (χ0n) is 18.0. The summed E-state index contributed by atoms with van der Waals surface area (Å²) in [6, 6.07) is 0. The molecule has 6 atom stereocenters. The van der Waals surface area contributed by atoms with Gasteiger partial charge in [0.1, 0.15) is 0 Å². The fraction of sp³-hybridized carbons (Fsp3) is 0.692. The zero-order chi connectivity index (χ0) is 19.3. The van der Waals surface area contributed by atoms with Crippen LogP contribution in [0.4, 0.5) is 0 Å². The lowest BCUT2D eigenvalue weighted by molar-refractivity contribution is -0.0465. The fourth-order valence-electron chi connectivity index (χ4n) is 7.31. The largest absolute Gasteiger partial charge is 0.100 e. The molecule has 26 heavy (non-hydrogen) atoms. The molecular formula is C26H40. The van der Waals surface area contributed by atoms with E-state index in [2.05, 4.69) is 60.4 Å². The first kappa shape index (κ1) is 19.7. The third-order valence-electron chi connectivity index (χ3n) is 8.98. The van der Waals surface area contributed by atoms with Crippen LogP contribution in [0.1, 0.15) is 79.6 Å².